The zero-order chi connectivity index (χ0) is 23.3. The lowest BCUT2D eigenvalue weighted by atomic mass is 9.93. The van der Waals surface area contributed by atoms with E-state index in [9.17, 15) is 4.79 Å². The lowest BCUT2D eigenvalue weighted by molar-refractivity contribution is 0.262. The van der Waals surface area contributed by atoms with E-state index in [2.05, 4.69) is 52.8 Å². The smallest absolute Gasteiger partial charge is 0.324 e. The molecule has 0 aliphatic carbocycles. The highest BCUT2D eigenvalue weighted by molar-refractivity contribution is 5.99. The highest BCUT2D eigenvalue weighted by Gasteiger charge is 2.20. The number of rotatable bonds is 6. The lowest BCUT2D eigenvalue weighted by Gasteiger charge is -2.13. The van der Waals surface area contributed by atoms with E-state index in [1.807, 2.05) is 64.1 Å². The van der Waals surface area contributed by atoms with E-state index in [0.29, 0.717) is 17.3 Å². The van der Waals surface area contributed by atoms with Gasteiger partial charge in [0.1, 0.15) is 5.76 Å². The maximum atomic E-state index is 12.3. The molecule has 0 saturated heterocycles. The van der Waals surface area contributed by atoms with Gasteiger partial charge in [-0.05, 0) is 60.9 Å². The fraction of sp³-hybridized carbons (Fsp3) is 0.231. The standard InChI is InChI=1S/C26H30N4O2/c1-7-8-19-15-20(10-9-17(19)2)18(3)27-21-11-13-22(14-12-21)28-25(31)29-24-16-23(32-30-24)26(4,5)6/h7-16,27H,3H2,1-2,4-6H3,(H2,28,29,30,31)/b8-7-. The van der Waals surface area contributed by atoms with Crippen LogP contribution in [0.5, 0.6) is 0 Å². The number of aromatic nitrogens is 1. The van der Waals surface area contributed by atoms with Crippen LogP contribution in [0.15, 0.2) is 65.7 Å². The summed E-state index contributed by atoms with van der Waals surface area (Å²) in [7, 11) is 0. The Morgan fingerprint density at radius 2 is 1.66 bits per heavy atom. The number of hydrogen-bond donors (Lipinski definition) is 3. The van der Waals surface area contributed by atoms with Crippen LogP contribution in [0, 0.1) is 6.92 Å². The van der Waals surface area contributed by atoms with Gasteiger partial charge in [0.05, 0.1) is 0 Å². The van der Waals surface area contributed by atoms with Crippen molar-refractivity contribution in [2.45, 2.75) is 40.0 Å². The molecular weight excluding hydrogens is 400 g/mol. The number of anilines is 3. The molecule has 1 aromatic heterocycles. The van der Waals surface area contributed by atoms with Crippen LogP contribution >= 0.6 is 0 Å². The summed E-state index contributed by atoms with van der Waals surface area (Å²) in [5.74, 6) is 1.08. The van der Waals surface area contributed by atoms with Gasteiger partial charge in [-0.2, -0.15) is 0 Å². The number of carbonyl (C=O) groups excluding carboxylic acids is 1. The van der Waals surface area contributed by atoms with E-state index in [1.54, 1.807) is 6.07 Å². The van der Waals surface area contributed by atoms with Gasteiger partial charge < -0.3 is 15.2 Å². The predicted octanol–water partition coefficient (Wildman–Crippen LogP) is 7.04. The van der Waals surface area contributed by atoms with E-state index in [4.69, 9.17) is 4.52 Å². The van der Waals surface area contributed by atoms with Crippen LogP contribution in [0.4, 0.5) is 22.0 Å². The number of urea groups is 1. The number of allylic oxidation sites excluding steroid dienone is 1. The average Bonchev–Trinajstić information content (AvgIpc) is 3.20. The second kappa shape index (κ2) is 9.56. The molecule has 0 fully saturated rings. The van der Waals surface area contributed by atoms with Crippen molar-refractivity contribution in [1.82, 2.24) is 5.16 Å². The van der Waals surface area contributed by atoms with Crippen LogP contribution in [0.1, 0.15) is 50.1 Å². The van der Waals surface area contributed by atoms with Crippen LogP contribution in [-0.4, -0.2) is 11.2 Å². The summed E-state index contributed by atoms with van der Waals surface area (Å²) in [5.41, 5.74) is 5.56. The van der Waals surface area contributed by atoms with Crippen molar-refractivity contribution >= 4 is 35.0 Å². The summed E-state index contributed by atoms with van der Waals surface area (Å²) in [5, 5.41) is 12.7. The fourth-order valence-electron chi connectivity index (χ4n) is 3.04. The van der Waals surface area contributed by atoms with Gasteiger partial charge in [0.2, 0.25) is 0 Å². The van der Waals surface area contributed by atoms with Crippen molar-refractivity contribution in [2.75, 3.05) is 16.0 Å². The first-order valence-electron chi connectivity index (χ1n) is 10.5. The Bertz CT molecular complexity index is 1140. The summed E-state index contributed by atoms with van der Waals surface area (Å²) in [6.07, 6.45) is 4.11. The number of carbonyl (C=O) groups is 1. The van der Waals surface area contributed by atoms with Crippen molar-refractivity contribution in [3.05, 3.63) is 83.6 Å². The Hall–Kier alpha value is -3.80. The summed E-state index contributed by atoms with van der Waals surface area (Å²) >= 11 is 0. The molecule has 6 heteroatoms. The average molecular weight is 431 g/mol. The SMILES string of the molecule is C=C(Nc1ccc(NC(=O)Nc2cc(C(C)(C)C)on2)cc1)c1ccc(C)c(/C=C\C)c1. The molecule has 3 N–H and O–H groups in total. The molecule has 2 amide bonds. The van der Waals surface area contributed by atoms with E-state index >= 15 is 0 Å². The number of aryl methyl sites for hydroxylation is 1. The molecule has 166 valence electrons. The monoisotopic (exact) mass is 430 g/mol. The number of benzene rings is 2. The van der Waals surface area contributed by atoms with Crippen LogP contribution in [0.2, 0.25) is 0 Å². The molecule has 0 saturated carbocycles. The maximum Gasteiger partial charge on any atom is 0.324 e. The number of nitrogens with one attached hydrogen (secondary N) is 3. The van der Waals surface area contributed by atoms with Crippen LogP contribution in [0.25, 0.3) is 11.8 Å². The summed E-state index contributed by atoms with van der Waals surface area (Å²) in [4.78, 5) is 12.3. The van der Waals surface area contributed by atoms with Crippen LogP contribution in [0.3, 0.4) is 0 Å². The van der Waals surface area contributed by atoms with Gasteiger partial charge in [-0.25, -0.2) is 4.79 Å². The van der Waals surface area contributed by atoms with Gasteiger partial charge in [0.15, 0.2) is 5.82 Å². The molecule has 0 atom stereocenters. The van der Waals surface area contributed by atoms with Crippen molar-refractivity contribution < 1.29 is 9.32 Å². The Morgan fingerprint density at radius 3 is 2.25 bits per heavy atom. The second-order valence-electron chi connectivity index (χ2n) is 8.66. The zero-order valence-electron chi connectivity index (χ0n) is 19.2. The molecule has 6 nitrogen and oxygen atoms in total. The third-order valence-electron chi connectivity index (χ3n) is 4.90. The van der Waals surface area contributed by atoms with Gasteiger partial charge in [0.25, 0.3) is 0 Å². The van der Waals surface area contributed by atoms with Gasteiger partial charge in [-0.1, -0.05) is 56.8 Å². The minimum atomic E-state index is -0.389. The maximum absolute atomic E-state index is 12.3. The highest BCUT2D eigenvalue weighted by atomic mass is 16.5. The van der Waals surface area contributed by atoms with Gasteiger partial charge >= 0.3 is 6.03 Å². The van der Waals surface area contributed by atoms with E-state index in [1.165, 1.54) is 11.1 Å². The number of amides is 2. The Kier molecular flexibility index (Phi) is 6.83. The molecule has 1 heterocycles. The van der Waals surface area contributed by atoms with Crippen molar-refractivity contribution in [3.63, 3.8) is 0 Å². The van der Waals surface area contributed by atoms with Crippen molar-refractivity contribution in [3.8, 4) is 0 Å². The molecule has 0 spiro atoms. The largest absolute Gasteiger partial charge is 0.359 e. The normalized spacial score (nSPS) is 11.4. The Labute approximate surface area is 189 Å². The fourth-order valence-corrected chi connectivity index (χ4v) is 3.04. The number of hydrogen-bond acceptors (Lipinski definition) is 4. The molecule has 0 unspecified atom stereocenters. The molecular formula is C26H30N4O2. The molecule has 32 heavy (non-hydrogen) atoms. The quantitative estimate of drug-likeness (QED) is 0.392. The minimum absolute atomic E-state index is 0.177. The van der Waals surface area contributed by atoms with Crippen LogP contribution in [-0.2, 0) is 5.41 Å². The van der Waals surface area contributed by atoms with Crippen LogP contribution < -0.4 is 16.0 Å². The topological polar surface area (TPSA) is 79.2 Å². The first-order chi connectivity index (χ1) is 15.2. The molecule has 0 radical (unpaired) electrons. The summed E-state index contributed by atoms with van der Waals surface area (Å²) in [6.45, 7) is 14.3. The van der Waals surface area contributed by atoms with Gasteiger partial charge in [-0.3, -0.25) is 5.32 Å². The summed E-state index contributed by atoms with van der Waals surface area (Å²) in [6, 6.07) is 15.0. The zero-order valence-corrected chi connectivity index (χ0v) is 19.2. The summed E-state index contributed by atoms with van der Waals surface area (Å²) < 4.78 is 5.28. The van der Waals surface area contributed by atoms with E-state index in [0.717, 1.165) is 16.9 Å². The molecule has 0 bridgehead atoms. The van der Waals surface area contributed by atoms with Gasteiger partial charge in [-0.15, -0.1) is 0 Å². The molecule has 2 aromatic carbocycles. The molecule has 0 aliphatic rings. The minimum Gasteiger partial charge on any atom is -0.359 e. The molecule has 0 aliphatic heterocycles. The van der Waals surface area contributed by atoms with Crippen molar-refractivity contribution in [2.24, 2.45) is 0 Å². The van der Waals surface area contributed by atoms with Crippen molar-refractivity contribution in [1.29, 1.82) is 0 Å². The third kappa shape index (κ3) is 5.88. The predicted molar refractivity (Wildman–Crippen MR) is 133 cm³/mol. The third-order valence-corrected chi connectivity index (χ3v) is 4.90. The Morgan fingerprint density at radius 1 is 1.00 bits per heavy atom. The first kappa shape index (κ1) is 22.9. The first-order valence-corrected chi connectivity index (χ1v) is 10.5. The van der Waals surface area contributed by atoms with Gasteiger partial charge in [0, 0.05) is 28.6 Å². The second-order valence-corrected chi connectivity index (χ2v) is 8.66. The highest BCUT2D eigenvalue weighted by Crippen LogP contribution is 2.25. The molecule has 3 rings (SSSR count). The molecule has 3 aromatic rings. The Balaban J connectivity index is 1.59. The van der Waals surface area contributed by atoms with E-state index in [-0.39, 0.29) is 11.4 Å². The van der Waals surface area contributed by atoms with E-state index < -0.39 is 0 Å². The number of nitrogens with zero attached hydrogens (tertiary/aromatic N) is 1. The lowest BCUT2D eigenvalue weighted by Crippen LogP contribution is -2.19.